The zero-order valence-corrected chi connectivity index (χ0v) is 19.9. The Kier molecular flexibility index (Phi) is 6.57. The maximum Gasteiger partial charge on any atom is 0.225 e. The van der Waals surface area contributed by atoms with Gasteiger partial charge in [0.2, 0.25) is 5.91 Å². The summed E-state index contributed by atoms with van der Waals surface area (Å²) in [6.07, 6.45) is 3.83. The number of nitrogens with zero attached hydrogens (tertiary/aromatic N) is 6. The maximum absolute atomic E-state index is 12.1. The van der Waals surface area contributed by atoms with Crippen LogP contribution in [-0.4, -0.2) is 65.5 Å². The molecule has 0 spiro atoms. The molecule has 1 amide bonds. The summed E-state index contributed by atoms with van der Waals surface area (Å²) in [6.45, 7) is 4.59. The summed E-state index contributed by atoms with van der Waals surface area (Å²) in [7, 11) is 1.68. The van der Waals surface area contributed by atoms with Crippen molar-refractivity contribution in [2.24, 2.45) is 0 Å². The zero-order valence-electron chi connectivity index (χ0n) is 19.1. The predicted octanol–water partition coefficient (Wildman–Crippen LogP) is 2.58. The van der Waals surface area contributed by atoms with Gasteiger partial charge in [0.15, 0.2) is 5.65 Å². The number of rotatable bonds is 8. The summed E-state index contributed by atoms with van der Waals surface area (Å²) >= 11 is 1.59. The van der Waals surface area contributed by atoms with Gasteiger partial charge in [0.05, 0.1) is 31.7 Å². The lowest BCUT2D eigenvalue weighted by Gasteiger charge is -2.36. The number of anilines is 2. The van der Waals surface area contributed by atoms with Crippen molar-refractivity contribution >= 4 is 39.8 Å². The van der Waals surface area contributed by atoms with E-state index in [9.17, 15) is 4.79 Å². The van der Waals surface area contributed by atoms with Crippen molar-refractivity contribution in [3.63, 3.8) is 0 Å². The summed E-state index contributed by atoms with van der Waals surface area (Å²) < 4.78 is 7.10. The summed E-state index contributed by atoms with van der Waals surface area (Å²) in [6, 6.07) is 12.1. The van der Waals surface area contributed by atoms with Crippen LogP contribution in [0.4, 0.5) is 11.5 Å². The third kappa shape index (κ3) is 4.81. The van der Waals surface area contributed by atoms with Crippen molar-refractivity contribution in [2.45, 2.75) is 13.0 Å². The van der Waals surface area contributed by atoms with Crippen LogP contribution in [0.15, 0.2) is 54.3 Å². The molecule has 4 heterocycles. The average molecular weight is 478 g/mol. The SMILES string of the molecule is COc1ccc(N2CCN(c3ncnc4c3cnn4CCNC(=O)Cc3cccs3)CC2)cc1. The number of nitrogens with one attached hydrogen (secondary N) is 1. The van der Waals surface area contributed by atoms with Crippen molar-refractivity contribution in [1.29, 1.82) is 0 Å². The van der Waals surface area contributed by atoms with Crippen molar-refractivity contribution in [3.05, 3.63) is 59.2 Å². The summed E-state index contributed by atoms with van der Waals surface area (Å²) in [5, 5.41) is 10.4. The highest BCUT2D eigenvalue weighted by Gasteiger charge is 2.21. The molecule has 1 aliphatic heterocycles. The topological polar surface area (TPSA) is 88.4 Å². The van der Waals surface area contributed by atoms with Gasteiger partial charge in [-0.2, -0.15) is 5.10 Å². The number of aromatic nitrogens is 4. The first-order chi connectivity index (χ1) is 16.7. The van der Waals surface area contributed by atoms with Gasteiger partial charge < -0.3 is 19.9 Å². The largest absolute Gasteiger partial charge is 0.497 e. The molecule has 1 N–H and O–H groups in total. The molecule has 1 fully saturated rings. The second-order valence-corrected chi connectivity index (χ2v) is 9.11. The Bertz CT molecular complexity index is 1230. The third-order valence-corrected chi connectivity index (χ3v) is 6.87. The predicted molar refractivity (Wildman–Crippen MR) is 134 cm³/mol. The number of thiophene rings is 1. The molecule has 9 nitrogen and oxygen atoms in total. The molecule has 34 heavy (non-hydrogen) atoms. The number of carbonyl (C=O) groups is 1. The highest BCUT2D eigenvalue weighted by atomic mass is 32.1. The van der Waals surface area contributed by atoms with Crippen molar-refractivity contribution in [3.8, 4) is 5.75 Å². The van der Waals surface area contributed by atoms with Crippen LogP contribution in [0.3, 0.4) is 0 Å². The summed E-state index contributed by atoms with van der Waals surface area (Å²) in [4.78, 5) is 26.9. The molecule has 5 rings (SSSR count). The van der Waals surface area contributed by atoms with E-state index in [-0.39, 0.29) is 5.91 Å². The molecule has 176 valence electrons. The van der Waals surface area contributed by atoms with Crippen LogP contribution in [0.5, 0.6) is 5.75 Å². The first kappa shape index (κ1) is 22.1. The average Bonchev–Trinajstić information content (AvgIpc) is 3.54. The lowest BCUT2D eigenvalue weighted by Crippen LogP contribution is -2.46. The molecule has 0 aliphatic carbocycles. The quantitative estimate of drug-likeness (QED) is 0.417. The Morgan fingerprint density at radius 2 is 1.88 bits per heavy atom. The van der Waals surface area contributed by atoms with Crippen LogP contribution in [-0.2, 0) is 17.8 Å². The van der Waals surface area contributed by atoms with E-state index in [0.717, 1.165) is 53.7 Å². The highest BCUT2D eigenvalue weighted by molar-refractivity contribution is 7.10. The Morgan fingerprint density at radius 1 is 1.09 bits per heavy atom. The molecular weight excluding hydrogens is 450 g/mol. The van der Waals surface area contributed by atoms with Gasteiger partial charge in [0, 0.05) is 43.3 Å². The van der Waals surface area contributed by atoms with E-state index < -0.39 is 0 Å². The lowest BCUT2D eigenvalue weighted by atomic mass is 10.2. The minimum Gasteiger partial charge on any atom is -0.497 e. The molecule has 1 saturated heterocycles. The van der Waals surface area contributed by atoms with Crippen molar-refractivity contribution < 1.29 is 9.53 Å². The van der Waals surface area contributed by atoms with Gasteiger partial charge in [-0.05, 0) is 35.7 Å². The van der Waals surface area contributed by atoms with E-state index in [2.05, 4.69) is 42.3 Å². The van der Waals surface area contributed by atoms with Crippen LogP contribution in [0.2, 0.25) is 0 Å². The number of piperazine rings is 1. The number of hydrogen-bond acceptors (Lipinski definition) is 8. The lowest BCUT2D eigenvalue weighted by molar-refractivity contribution is -0.120. The standard InChI is InChI=1S/C24H27N7O2S/c1-33-19-6-4-18(5-7-19)29-10-12-30(13-11-29)23-21-16-28-31(24(21)27-17-26-23)9-8-25-22(32)15-20-3-2-14-34-20/h2-7,14,16-17H,8-13,15H2,1H3,(H,25,32). The maximum atomic E-state index is 12.1. The number of amides is 1. The van der Waals surface area contributed by atoms with Gasteiger partial charge in [0.25, 0.3) is 0 Å². The van der Waals surface area contributed by atoms with Gasteiger partial charge in [-0.1, -0.05) is 6.07 Å². The summed E-state index contributed by atoms with van der Waals surface area (Å²) in [5.74, 6) is 1.79. The van der Waals surface area contributed by atoms with E-state index in [1.807, 2.05) is 40.5 Å². The van der Waals surface area contributed by atoms with E-state index in [1.165, 1.54) is 5.69 Å². The fourth-order valence-electron chi connectivity index (χ4n) is 4.20. The van der Waals surface area contributed by atoms with Crippen LogP contribution in [0.25, 0.3) is 11.0 Å². The zero-order chi connectivity index (χ0) is 23.3. The van der Waals surface area contributed by atoms with Crippen LogP contribution in [0.1, 0.15) is 4.88 Å². The van der Waals surface area contributed by atoms with Crippen LogP contribution < -0.4 is 19.9 Å². The second kappa shape index (κ2) is 10.1. The normalized spacial score (nSPS) is 13.9. The fourth-order valence-corrected chi connectivity index (χ4v) is 4.90. The third-order valence-electron chi connectivity index (χ3n) is 5.99. The summed E-state index contributed by atoms with van der Waals surface area (Å²) in [5.41, 5.74) is 1.98. The van der Waals surface area contributed by atoms with Gasteiger partial charge in [0.1, 0.15) is 17.9 Å². The molecule has 4 aromatic rings. The van der Waals surface area contributed by atoms with E-state index in [0.29, 0.717) is 19.5 Å². The second-order valence-electron chi connectivity index (χ2n) is 8.08. The molecule has 1 aliphatic rings. The Hall–Kier alpha value is -3.66. The molecule has 0 bridgehead atoms. The Balaban J connectivity index is 1.20. The Morgan fingerprint density at radius 3 is 2.62 bits per heavy atom. The molecule has 1 aromatic carbocycles. The van der Waals surface area contributed by atoms with Crippen molar-refractivity contribution in [1.82, 2.24) is 25.1 Å². The highest BCUT2D eigenvalue weighted by Crippen LogP contribution is 2.26. The minimum absolute atomic E-state index is 0.0176. The van der Waals surface area contributed by atoms with Crippen LogP contribution in [0, 0.1) is 0 Å². The first-order valence-corrected chi connectivity index (χ1v) is 12.2. The Labute approximate surface area is 202 Å². The van der Waals surface area contributed by atoms with Gasteiger partial charge >= 0.3 is 0 Å². The van der Waals surface area contributed by atoms with Gasteiger partial charge in [-0.3, -0.25) is 4.79 Å². The number of methoxy groups -OCH3 is 1. The molecular formula is C24H27N7O2S. The molecule has 0 atom stereocenters. The molecule has 10 heteroatoms. The minimum atomic E-state index is 0.0176. The molecule has 0 radical (unpaired) electrons. The number of fused-ring (bicyclic) bond motifs is 1. The number of ether oxygens (including phenoxy) is 1. The van der Waals surface area contributed by atoms with Crippen LogP contribution >= 0.6 is 11.3 Å². The monoisotopic (exact) mass is 477 g/mol. The smallest absolute Gasteiger partial charge is 0.225 e. The fraction of sp³-hybridized carbons (Fsp3) is 0.333. The first-order valence-electron chi connectivity index (χ1n) is 11.3. The van der Waals surface area contributed by atoms with Gasteiger partial charge in [-0.25, -0.2) is 14.6 Å². The molecule has 0 saturated carbocycles. The van der Waals surface area contributed by atoms with E-state index in [1.54, 1.807) is 24.8 Å². The molecule has 3 aromatic heterocycles. The number of benzene rings is 1. The van der Waals surface area contributed by atoms with Crippen molar-refractivity contribution in [2.75, 3.05) is 49.6 Å². The van der Waals surface area contributed by atoms with E-state index >= 15 is 0 Å². The number of carbonyl (C=O) groups excluding carboxylic acids is 1. The molecule has 0 unspecified atom stereocenters. The van der Waals surface area contributed by atoms with E-state index in [4.69, 9.17) is 4.74 Å². The van der Waals surface area contributed by atoms with Gasteiger partial charge in [-0.15, -0.1) is 11.3 Å². The number of hydrogen-bond donors (Lipinski definition) is 1.